The first kappa shape index (κ1) is 14.4. The maximum Gasteiger partial charge on any atom is 0.240 e. The highest BCUT2D eigenvalue weighted by molar-refractivity contribution is 9.10. The average molecular weight is 359 g/mol. The summed E-state index contributed by atoms with van der Waals surface area (Å²) >= 11 is 3.27. The molecule has 1 aromatic rings. The van der Waals surface area contributed by atoms with Gasteiger partial charge in [0, 0.05) is 16.7 Å². The van der Waals surface area contributed by atoms with Gasteiger partial charge in [-0.25, -0.2) is 13.1 Å². The van der Waals surface area contributed by atoms with Crippen LogP contribution in [-0.2, 0) is 10.0 Å². The van der Waals surface area contributed by atoms with E-state index in [2.05, 4.69) is 20.7 Å². The summed E-state index contributed by atoms with van der Waals surface area (Å²) in [7, 11) is -3.45. The van der Waals surface area contributed by atoms with Crippen LogP contribution in [0.5, 0.6) is 0 Å². The Balaban J connectivity index is 1.68. The molecule has 2 aliphatic rings. The van der Waals surface area contributed by atoms with Crippen LogP contribution < -0.4 is 10.5 Å². The van der Waals surface area contributed by atoms with E-state index in [1.807, 2.05) is 0 Å². The maximum absolute atomic E-state index is 12.3. The van der Waals surface area contributed by atoms with E-state index in [0.717, 1.165) is 11.8 Å². The van der Waals surface area contributed by atoms with E-state index < -0.39 is 10.0 Å². The molecule has 4 nitrogen and oxygen atoms in total. The van der Waals surface area contributed by atoms with Crippen LogP contribution in [0.3, 0.4) is 0 Å². The number of sulfonamides is 1. The highest BCUT2D eigenvalue weighted by Gasteiger charge is 2.39. The monoisotopic (exact) mass is 358 g/mol. The molecule has 0 aliphatic heterocycles. The van der Waals surface area contributed by atoms with Crippen LogP contribution in [0.1, 0.15) is 25.7 Å². The fraction of sp³-hybridized carbons (Fsp3) is 0.571. The topological polar surface area (TPSA) is 72.2 Å². The molecular formula is C14H19BrN2O2S. The Kier molecular flexibility index (Phi) is 3.81. The van der Waals surface area contributed by atoms with E-state index in [1.165, 1.54) is 31.7 Å². The second kappa shape index (κ2) is 5.31. The Labute approximate surface area is 128 Å². The van der Waals surface area contributed by atoms with Crippen molar-refractivity contribution in [2.45, 2.75) is 30.6 Å². The maximum atomic E-state index is 12.3. The van der Waals surface area contributed by atoms with Gasteiger partial charge in [-0.05, 0) is 71.1 Å². The summed E-state index contributed by atoms with van der Waals surface area (Å²) in [6.07, 6.45) is 5.06. The molecule has 0 heterocycles. The van der Waals surface area contributed by atoms with Crippen molar-refractivity contribution >= 4 is 31.6 Å². The summed E-state index contributed by atoms with van der Waals surface area (Å²) in [5.41, 5.74) is 6.18. The highest BCUT2D eigenvalue weighted by Crippen LogP contribution is 2.48. The van der Waals surface area contributed by atoms with E-state index in [0.29, 0.717) is 22.6 Å². The third kappa shape index (κ3) is 2.73. The normalized spacial score (nSPS) is 28.9. The molecule has 3 atom stereocenters. The van der Waals surface area contributed by atoms with Gasteiger partial charge < -0.3 is 5.73 Å². The molecule has 2 bridgehead atoms. The third-order valence-corrected chi connectivity index (χ3v) is 6.84. The van der Waals surface area contributed by atoms with Crippen LogP contribution in [0.25, 0.3) is 0 Å². The number of hydrogen-bond donors (Lipinski definition) is 2. The molecule has 110 valence electrons. The number of fused-ring (bicyclic) bond motifs is 2. The van der Waals surface area contributed by atoms with E-state index in [-0.39, 0.29) is 4.90 Å². The van der Waals surface area contributed by atoms with Crippen LogP contribution in [0, 0.1) is 17.8 Å². The lowest BCUT2D eigenvalue weighted by Gasteiger charge is -2.21. The van der Waals surface area contributed by atoms with Crippen molar-refractivity contribution < 1.29 is 8.42 Å². The number of nitrogens with one attached hydrogen (secondary N) is 1. The highest BCUT2D eigenvalue weighted by atomic mass is 79.9. The van der Waals surface area contributed by atoms with Crippen LogP contribution in [0.15, 0.2) is 27.6 Å². The molecule has 0 saturated heterocycles. The van der Waals surface area contributed by atoms with Gasteiger partial charge in [0.1, 0.15) is 0 Å². The molecular weight excluding hydrogens is 340 g/mol. The molecule has 20 heavy (non-hydrogen) atoms. The van der Waals surface area contributed by atoms with Crippen molar-refractivity contribution in [3.63, 3.8) is 0 Å². The van der Waals surface area contributed by atoms with Crippen molar-refractivity contribution in [2.75, 3.05) is 12.3 Å². The molecule has 0 radical (unpaired) electrons. The smallest absolute Gasteiger partial charge is 0.240 e. The van der Waals surface area contributed by atoms with Gasteiger partial charge >= 0.3 is 0 Å². The van der Waals surface area contributed by atoms with Gasteiger partial charge in [0.05, 0.1) is 4.90 Å². The number of benzene rings is 1. The number of nitrogen functional groups attached to an aromatic ring is 1. The Bertz CT molecular complexity index is 618. The third-order valence-electron chi connectivity index (χ3n) is 4.70. The Morgan fingerprint density at radius 3 is 2.70 bits per heavy atom. The van der Waals surface area contributed by atoms with Crippen LogP contribution in [0.2, 0.25) is 0 Å². The summed E-state index contributed by atoms with van der Waals surface area (Å²) in [4.78, 5) is 0.237. The Morgan fingerprint density at radius 1 is 1.30 bits per heavy atom. The van der Waals surface area contributed by atoms with Crippen molar-refractivity contribution in [3.05, 3.63) is 22.7 Å². The zero-order valence-electron chi connectivity index (χ0n) is 11.2. The van der Waals surface area contributed by atoms with Crippen molar-refractivity contribution in [3.8, 4) is 0 Å². The van der Waals surface area contributed by atoms with Crippen LogP contribution >= 0.6 is 15.9 Å². The zero-order valence-corrected chi connectivity index (χ0v) is 13.6. The quantitative estimate of drug-likeness (QED) is 0.812. The van der Waals surface area contributed by atoms with E-state index in [4.69, 9.17) is 5.73 Å². The van der Waals surface area contributed by atoms with Crippen LogP contribution in [0.4, 0.5) is 5.69 Å². The summed E-state index contributed by atoms with van der Waals surface area (Å²) < 4.78 is 28.0. The van der Waals surface area contributed by atoms with Crippen molar-refractivity contribution in [1.29, 1.82) is 0 Å². The molecule has 6 heteroatoms. The number of rotatable bonds is 4. The molecule has 3 unspecified atom stereocenters. The summed E-state index contributed by atoms with van der Waals surface area (Å²) in [5, 5.41) is 0. The van der Waals surface area contributed by atoms with Gasteiger partial charge in [0.15, 0.2) is 0 Å². The fourth-order valence-corrected chi connectivity index (χ4v) is 4.99. The van der Waals surface area contributed by atoms with Crippen LogP contribution in [-0.4, -0.2) is 15.0 Å². The minimum atomic E-state index is -3.45. The number of hydrogen-bond acceptors (Lipinski definition) is 3. The van der Waals surface area contributed by atoms with E-state index in [9.17, 15) is 8.42 Å². The number of halogens is 1. The molecule has 0 spiro atoms. The van der Waals surface area contributed by atoms with Gasteiger partial charge in [0.2, 0.25) is 10.0 Å². The summed E-state index contributed by atoms with van der Waals surface area (Å²) in [6, 6.07) is 4.73. The summed E-state index contributed by atoms with van der Waals surface area (Å²) in [5.74, 6) is 2.06. The fourth-order valence-electron chi connectivity index (χ4n) is 3.62. The molecule has 3 N–H and O–H groups in total. The molecule has 2 saturated carbocycles. The van der Waals surface area contributed by atoms with Gasteiger partial charge in [-0.3, -0.25) is 0 Å². The predicted molar refractivity (Wildman–Crippen MR) is 82.7 cm³/mol. The standard InChI is InChI=1S/C14H19BrN2O2S/c15-13-4-3-12(7-14(13)16)20(18,19)17-8-11-6-9-1-2-10(11)5-9/h3-4,7,9-11,17H,1-2,5-6,8,16H2. The zero-order chi connectivity index (χ0) is 14.3. The largest absolute Gasteiger partial charge is 0.398 e. The van der Waals surface area contributed by atoms with Gasteiger partial charge in [0.25, 0.3) is 0 Å². The first-order chi connectivity index (χ1) is 9.45. The Hall–Kier alpha value is -0.590. The lowest BCUT2D eigenvalue weighted by Crippen LogP contribution is -2.31. The second-order valence-electron chi connectivity index (χ2n) is 5.97. The van der Waals surface area contributed by atoms with Crippen molar-refractivity contribution in [2.24, 2.45) is 17.8 Å². The molecule has 2 fully saturated rings. The second-order valence-corrected chi connectivity index (χ2v) is 8.59. The van der Waals surface area contributed by atoms with Gasteiger partial charge in [-0.15, -0.1) is 0 Å². The molecule has 2 aliphatic carbocycles. The van der Waals surface area contributed by atoms with Crippen molar-refractivity contribution in [1.82, 2.24) is 4.72 Å². The van der Waals surface area contributed by atoms with E-state index >= 15 is 0 Å². The average Bonchev–Trinajstić information content (AvgIpc) is 3.02. The molecule has 0 amide bonds. The SMILES string of the molecule is Nc1cc(S(=O)(=O)NCC2CC3CCC2C3)ccc1Br. The number of nitrogens with two attached hydrogens (primary N) is 1. The molecule has 3 rings (SSSR count). The first-order valence-corrected chi connectivity index (χ1v) is 9.28. The predicted octanol–water partition coefficient (Wildman–Crippen LogP) is 2.75. The first-order valence-electron chi connectivity index (χ1n) is 7.00. The van der Waals surface area contributed by atoms with Gasteiger partial charge in [-0.1, -0.05) is 6.42 Å². The van der Waals surface area contributed by atoms with E-state index in [1.54, 1.807) is 12.1 Å². The Morgan fingerprint density at radius 2 is 2.10 bits per heavy atom. The number of anilines is 1. The summed E-state index contributed by atoms with van der Waals surface area (Å²) in [6.45, 7) is 0.555. The lowest BCUT2D eigenvalue weighted by molar-refractivity contribution is 0.333. The molecule has 0 aromatic heterocycles. The van der Waals surface area contributed by atoms with Gasteiger partial charge in [-0.2, -0.15) is 0 Å². The minimum absolute atomic E-state index is 0.237. The molecule has 1 aromatic carbocycles. The minimum Gasteiger partial charge on any atom is -0.398 e. The lowest BCUT2D eigenvalue weighted by atomic mass is 9.89.